The van der Waals surface area contributed by atoms with Gasteiger partial charge in [-0.1, -0.05) is 18.3 Å². The van der Waals surface area contributed by atoms with Gasteiger partial charge < -0.3 is 15.5 Å². The Bertz CT molecular complexity index is 663. The highest BCUT2D eigenvalue weighted by Crippen LogP contribution is 2.32. The second-order valence-corrected chi connectivity index (χ2v) is 6.83. The summed E-state index contributed by atoms with van der Waals surface area (Å²) in [5.74, 6) is -0.0136. The number of carbonyl (C=O) groups is 1. The molecule has 2 N–H and O–H groups in total. The first-order chi connectivity index (χ1) is 10.7. The zero-order chi connectivity index (χ0) is 15.5. The number of hydrogen-bond acceptors (Lipinski definition) is 5. The molecule has 1 aromatic carbocycles. The van der Waals surface area contributed by atoms with Crippen LogP contribution in [0, 0.1) is 5.92 Å². The third-order valence-corrected chi connectivity index (χ3v) is 5.06. The fourth-order valence-corrected chi connectivity index (χ4v) is 3.75. The third kappa shape index (κ3) is 3.23. The first-order valence-corrected chi connectivity index (χ1v) is 8.60. The van der Waals surface area contributed by atoms with Gasteiger partial charge in [0.2, 0.25) is 5.91 Å². The fourth-order valence-electron chi connectivity index (χ4n) is 2.70. The number of anilines is 2. The molecule has 2 heterocycles. The van der Waals surface area contributed by atoms with Crippen LogP contribution >= 0.6 is 11.3 Å². The van der Waals surface area contributed by atoms with Crippen molar-refractivity contribution in [3.05, 3.63) is 18.2 Å². The van der Waals surface area contributed by atoms with Gasteiger partial charge in [-0.2, -0.15) is 0 Å². The van der Waals surface area contributed by atoms with Gasteiger partial charge in [0.25, 0.3) is 0 Å². The Labute approximate surface area is 134 Å². The zero-order valence-corrected chi connectivity index (χ0v) is 13.9. The van der Waals surface area contributed by atoms with Gasteiger partial charge in [0.15, 0.2) is 5.13 Å². The van der Waals surface area contributed by atoms with E-state index < -0.39 is 0 Å². The number of aromatic nitrogens is 1. The number of thiazole rings is 1. The van der Waals surface area contributed by atoms with Crippen LogP contribution in [0.5, 0.6) is 0 Å². The standard InChI is InChI=1S/C16H22N4OS/c1-11(10-17-2)15(21)18-12-5-6-13-14(9-12)22-16(19-13)20-7-3-4-8-20/h5-6,9,11,17H,3-4,7-8,10H2,1-2H3,(H,18,21). The van der Waals surface area contributed by atoms with Crippen LogP contribution in [0.1, 0.15) is 19.8 Å². The van der Waals surface area contributed by atoms with Gasteiger partial charge in [-0.3, -0.25) is 4.79 Å². The van der Waals surface area contributed by atoms with E-state index in [-0.39, 0.29) is 11.8 Å². The maximum atomic E-state index is 12.1. The van der Waals surface area contributed by atoms with Gasteiger partial charge in [-0.25, -0.2) is 4.98 Å². The van der Waals surface area contributed by atoms with Gasteiger partial charge in [-0.15, -0.1) is 0 Å². The number of rotatable bonds is 5. The Morgan fingerprint density at radius 2 is 2.18 bits per heavy atom. The van der Waals surface area contributed by atoms with Crippen LogP contribution < -0.4 is 15.5 Å². The van der Waals surface area contributed by atoms with E-state index in [9.17, 15) is 4.79 Å². The molecule has 1 amide bonds. The molecule has 1 aliphatic heterocycles. The van der Waals surface area contributed by atoms with E-state index in [2.05, 4.69) is 15.5 Å². The minimum atomic E-state index is -0.0534. The maximum absolute atomic E-state index is 12.1. The predicted octanol–water partition coefficient (Wildman–Crippen LogP) is 2.69. The van der Waals surface area contributed by atoms with E-state index in [0.29, 0.717) is 6.54 Å². The van der Waals surface area contributed by atoms with Gasteiger partial charge >= 0.3 is 0 Å². The molecule has 1 saturated heterocycles. The van der Waals surface area contributed by atoms with Crippen molar-refractivity contribution < 1.29 is 4.79 Å². The van der Waals surface area contributed by atoms with Crippen molar-refractivity contribution in [3.63, 3.8) is 0 Å². The Morgan fingerprint density at radius 3 is 2.91 bits per heavy atom. The number of carbonyl (C=O) groups excluding carboxylic acids is 1. The molecular weight excluding hydrogens is 296 g/mol. The summed E-state index contributed by atoms with van der Waals surface area (Å²) in [5.41, 5.74) is 1.85. The number of benzene rings is 1. The van der Waals surface area contributed by atoms with Crippen molar-refractivity contribution in [3.8, 4) is 0 Å². The molecule has 2 aromatic rings. The predicted molar refractivity (Wildman–Crippen MR) is 92.8 cm³/mol. The zero-order valence-electron chi connectivity index (χ0n) is 13.1. The highest BCUT2D eigenvalue weighted by atomic mass is 32.1. The highest BCUT2D eigenvalue weighted by Gasteiger charge is 2.17. The Kier molecular flexibility index (Phi) is 4.59. The van der Waals surface area contributed by atoms with Crippen molar-refractivity contribution in [1.29, 1.82) is 0 Å². The van der Waals surface area contributed by atoms with E-state index in [4.69, 9.17) is 4.98 Å². The second kappa shape index (κ2) is 6.62. The average molecular weight is 318 g/mol. The summed E-state index contributed by atoms with van der Waals surface area (Å²) in [4.78, 5) is 19.1. The lowest BCUT2D eigenvalue weighted by Gasteiger charge is -2.11. The molecule has 1 unspecified atom stereocenters. The van der Waals surface area contributed by atoms with Gasteiger partial charge in [0.05, 0.1) is 10.2 Å². The van der Waals surface area contributed by atoms with Crippen LogP contribution in [0.4, 0.5) is 10.8 Å². The molecular formula is C16H22N4OS. The molecule has 0 spiro atoms. The number of hydrogen-bond donors (Lipinski definition) is 2. The van der Waals surface area contributed by atoms with E-state index in [1.807, 2.05) is 32.2 Å². The molecule has 1 atom stereocenters. The number of nitrogens with one attached hydrogen (secondary N) is 2. The van der Waals surface area contributed by atoms with E-state index in [1.54, 1.807) is 11.3 Å². The molecule has 0 saturated carbocycles. The molecule has 118 valence electrons. The minimum absolute atomic E-state index is 0.0398. The lowest BCUT2D eigenvalue weighted by Crippen LogP contribution is -2.28. The van der Waals surface area contributed by atoms with Crippen molar-refractivity contribution in [1.82, 2.24) is 10.3 Å². The molecule has 6 heteroatoms. The molecule has 3 rings (SSSR count). The van der Waals surface area contributed by atoms with E-state index in [0.717, 1.165) is 34.1 Å². The first-order valence-electron chi connectivity index (χ1n) is 7.78. The summed E-state index contributed by atoms with van der Waals surface area (Å²) in [7, 11) is 1.85. The average Bonchev–Trinajstić information content (AvgIpc) is 3.15. The Balaban J connectivity index is 1.76. The quantitative estimate of drug-likeness (QED) is 0.890. The molecule has 1 aliphatic rings. The molecule has 1 aromatic heterocycles. The summed E-state index contributed by atoms with van der Waals surface area (Å²) in [6.07, 6.45) is 2.50. The maximum Gasteiger partial charge on any atom is 0.228 e. The number of amides is 1. The monoisotopic (exact) mass is 318 g/mol. The highest BCUT2D eigenvalue weighted by molar-refractivity contribution is 7.22. The van der Waals surface area contributed by atoms with Gasteiger partial charge in [0.1, 0.15) is 0 Å². The van der Waals surface area contributed by atoms with Crippen LogP contribution in [0.15, 0.2) is 18.2 Å². The van der Waals surface area contributed by atoms with Gasteiger partial charge in [-0.05, 0) is 38.1 Å². The lowest BCUT2D eigenvalue weighted by molar-refractivity contribution is -0.119. The molecule has 5 nitrogen and oxygen atoms in total. The number of fused-ring (bicyclic) bond motifs is 1. The van der Waals surface area contributed by atoms with Crippen LogP contribution in [-0.2, 0) is 4.79 Å². The van der Waals surface area contributed by atoms with Crippen LogP contribution in [0.3, 0.4) is 0 Å². The third-order valence-electron chi connectivity index (χ3n) is 3.98. The molecule has 0 aliphatic carbocycles. The van der Waals surface area contributed by atoms with Crippen molar-refractivity contribution >= 4 is 38.3 Å². The fraction of sp³-hybridized carbons (Fsp3) is 0.500. The summed E-state index contributed by atoms with van der Waals surface area (Å²) < 4.78 is 1.13. The molecule has 0 radical (unpaired) electrons. The number of nitrogens with zero attached hydrogens (tertiary/aromatic N) is 2. The normalized spacial score (nSPS) is 16.2. The summed E-state index contributed by atoms with van der Waals surface area (Å²) in [5, 5.41) is 7.10. The summed E-state index contributed by atoms with van der Waals surface area (Å²) >= 11 is 1.71. The van der Waals surface area contributed by atoms with Gasteiger partial charge in [0, 0.05) is 31.2 Å². The lowest BCUT2D eigenvalue weighted by atomic mass is 10.1. The molecule has 0 bridgehead atoms. The van der Waals surface area contributed by atoms with Crippen molar-refractivity contribution in [2.75, 3.05) is 36.9 Å². The molecule has 22 heavy (non-hydrogen) atoms. The SMILES string of the molecule is CNCC(C)C(=O)Nc1ccc2nc(N3CCCC3)sc2c1. The van der Waals surface area contributed by atoms with E-state index >= 15 is 0 Å². The smallest absolute Gasteiger partial charge is 0.228 e. The van der Waals surface area contributed by atoms with Crippen LogP contribution in [0.2, 0.25) is 0 Å². The van der Waals surface area contributed by atoms with E-state index in [1.165, 1.54) is 12.8 Å². The van der Waals surface area contributed by atoms with Crippen LogP contribution in [-0.4, -0.2) is 37.6 Å². The van der Waals surface area contributed by atoms with Crippen molar-refractivity contribution in [2.45, 2.75) is 19.8 Å². The minimum Gasteiger partial charge on any atom is -0.348 e. The van der Waals surface area contributed by atoms with Crippen LogP contribution in [0.25, 0.3) is 10.2 Å². The Morgan fingerprint density at radius 1 is 1.41 bits per heavy atom. The topological polar surface area (TPSA) is 57.3 Å². The Hall–Kier alpha value is -1.66. The van der Waals surface area contributed by atoms with Crippen molar-refractivity contribution in [2.24, 2.45) is 5.92 Å². The molecule has 1 fully saturated rings. The summed E-state index contributed by atoms with van der Waals surface area (Å²) in [6.45, 7) is 4.80. The first kappa shape index (κ1) is 15.2. The summed E-state index contributed by atoms with van der Waals surface area (Å²) in [6, 6.07) is 5.94. The second-order valence-electron chi connectivity index (χ2n) is 5.82. The largest absolute Gasteiger partial charge is 0.348 e.